The van der Waals surface area contributed by atoms with Crippen LogP contribution in [0.4, 0.5) is 49.1 Å². The molecule has 0 atom stereocenters. The minimum atomic E-state index is -4.71. The molecule has 0 aliphatic carbocycles. The third kappa shape index (κ3) is 17.7. The molecule has 0 saturated carbocycles. The Labute approximate surface area is 416 Å². The molecule has 8 N–H and O–H groups in total. The number of ether oxygens (including phenoxy) is 5. The molecule has 5 amide bonds. The van der Waals surface area contributed by atoms with E-state index in [1.807, 2.05) is 0 Å². The van der Waals surface area contributed by atoms with E-state index >= 15 is 0 Å². The smallest absolute Gasteiger partial charge is 0.388 e. The summed E-state index contributed by atoms with van der Waals surface area (Å²) in [6.45, 7) is -7.52. The summed E-state index contributed by atoms with van der Waals surface area (Å²) < 4.78 is 137. The van der Waals surface area contributed by atoms with Gasteiger partial charge in [0.15, 0.2) is 11.6 Å². The molecular formula is C36H33Cl2F5N12O16S2. The van der Waals surface area contributed by atoms with Gasteiger partial charge in [0.05, 0.1) is 43.2 Å². The molecule has 0 unspecified atom stereocenters. The number of nitrogens with one attached hydrogen (secondary N) is 4. The van der Waals surface area contributed by atoms with Crippen molar-refractivity contribution in [3.63, 3.8) is 0 Å². The highest BCUT2D eigenvalue weighted by Crippen LogP contribution is 2.35. The number of amides is 5. The molecule has 0 aliphatic rings. The number of benzene rings is 1. The molecule has 0 aliphatic heterocycles. The largest absolute Gasteiger partial charge is 0.481 e. The first kappa shape index (κ1) is 58.9. The van der Waals surface area contributed by atoms with E-state index in [2.05, 4.69) is 49.4 Å². The molecule has 0 radical (unpaired) electrons. The van der Waals surface area contributed by atoms with Gasteiger partial charge in [-0.3, -0.25) is 15.4 Å². The summed E-state index contributed by atoms with van der Waals surface area (Å²) >= 11 is 11.0. The molecule has 394 valence electrons. The summed E-state index contributed by atoms with van der Waals surface area (Å²) in [5.74, 6) is -7.84. The zero-order valence-corrected chi connectivity index (χ0v) is 40.0. The zero-order chi connectivity index (χ0) is 55.0. The molecule has 73 heavy (non-hydrogen) atoms. The average Bonchev–Trinajstić information content (AvgIpc) is 3.30. The number of carboxylic acid groups (broad SMARTS) is 2. The second kappa shape index (κ2) is 26.1. The van der Waals surface area contributed by atoms with Crippen LogP contribution in [-0.2, 0) is 24.8 Å². The molecule has 0 saturated heterocycles. The standard InChI is InChI=1S/C15H18N6O6S.C14H10F4N4O7S.C7H5Cl2FN2O3/c1-21(2)13(22)9-6-5-7-16-12(9)28(24,25)20-15(23)19-14-17-10(26-3)8-11(18-14)27-4;15-11(16)28-8-5-9(29-12(17)18)20-13(19-8)21-14(25)22-30(26,27)7-4-2-1-3-6(7)10(23)24;8-3-5(11)4(9)7(12-6(3)10)15-1-2(13)14/h5-8H,1-4H3,(H2,17,18,19,20,23);1-5,11-12H,(H,23,24)(H2,19,20,21,22,25);1H2,(H2,11,12)(H,13,14). The number of methoxy groups -OCH3 is 2. The van der Waals surface area contributed by atoms with Gasteiger partial charge in [-0.15, -0.1) is 0 Å². The van der Waals surface area contributed by atoms with Gasteiger partial charge in [0.1, 0.15) is 14.9 Å². The van der Waals surface area contributed by atoms with E-state index in [4.69, 9.17) is 48.6 Å². The monoisotopic (exact) mass is 1120 g/mol. The first-order valence-corrected chi connectivity index (χ1v) is 22.4. The number of nitrogens with zero attached hydrogens (tertiary/aromatic N) is 7. The predicted molar refractivity (Wildman–Crippen MR) is 237 cm³/mol. The number of aliphatic carboxylic acids is 1. The van der Waals surface area contributed by atoms with Crippen LogP contribution in [0.15, 0.2) is 64.6 Å². The number of nitrogens with two attached hydrogens (primary N) is 1. The normalized spacial score (nSPS) is 10.8. The van der Waals surface area contributed by atoms with Crippen LogP contribution in [-0.4, -0.2) is 140 Å². The second-order valence-electron chi connectivity index (χ2n) is 12.8. The van der Waals surface area contributed by atoms with Gasteiger partial charge in [-0.1, -0.05) is 35.3 Å². The Morgan fingerprint density at radius 1 is 0.726 bits per heavy atom. The van der Waals surface area contributed by atoms with E-state index in [0.717, 1.165) is 12.1 Å². The average molecular weight is 1120 g/mol. The van der Waals surface area contributed by atoms with Gasteiger partial charge in [-0.2, -0.15) is 55.3 Å². The van der Waals surface area contributed by atoms with Crippen LogP contribution in [0, 0.1) is 5.95 Å². The molecule has 0 fully saturated rings. The first-order chi connectivity index (χ1) is 34.1. The van der Waals surface area contributed by atoms with Gasteiger partial charge in [-0.25, -0.2) is 42.0 Å². The van der Waals surface area contributed by atoms with E-state index in [9.17, 15) is 62.8 Å². The van der Waals surface area contributed by atoms with E-state index in [1.54, 1.807) is 10.0 Å². The highest BCUT2D eigenvalue weighted by molar-refractivity contribution is 7.90. The fraction of sp³-hybridized carbons (Fsp3) is 0.194. The maximum absolute atomic E-state index is 12.9. The number of rotatable bonds is 17. The molecule has 5 rings (SSSR count). The van der Waals surface area contributed by atoms with Crippen molar-refractivity contribution in [3.8, 4) is 29.4 Å². The van der Waals surface area contributed by atoms with Crippen LogP contribution in [0.1, 0.15) is 20.7 Å². The quantitative estimate of drug-likeness (QED) is 0.0517. The molecule has 37 heteroatoms. The second-order valence-corrected chi connectivity index (χ2v) is 16.8. The molecule has 4 heterocycles. The number of aromatic nitrogens is 6. The number of nitrogen functional groups attached to an aromatic ring is 1. The molecule has 0 bridgehead atoms. The van der Waals surface area contributed by atoms with Crippen molar-refractivity contribution in [2.75, 3.05) is 51.3 Å². The van der Waals surface area contributed by atoms with Gasteiger partial charge >= 0.3 is 37.2 Å². The number of carboxylic acids is 2. The summed E-state index contributed by atoms with van der Waals surface area (Å²) in [5.41, 5.74) is 4.24. The van der Waals surface area contributed by atoms with Gasteiger partial charge in [-0.05, 0) is 24.3 Å². The lowest BCUT2D eigenvalue weighted by atomic mass is 10.2. The first-order valence-electron chi connectivity index (χ1n) is 18.7. The van der Waals surface area contributed by atoms with Crippen LogP contribution in [0.5, 0.6) is 29.4 Å². The Bertz CT molecular complexity index is 3030. The summed E-state index contributed by atoms with van der Waals surface area (Å²) in [6, 6.07) is 6.13. The highest BCUT2D eigenvalue weighted by atomic mass is 35.5. The van der Waals surface area contributed by atoms with Crippen molar-refractivity contribution < 1.29 is 96.7 Å². The van der Waals surface area contributed by atoms with Crippen molar-refractivity contribution in [1.29, 1.82) is 0 Å². The molecule has 28 nitrogen and oxygen atoms in total. The van der Waals surface area contributed by atoms with E-state index < -0.39 is 120 Å². The van der Waals surface area contributed by atoms with Gasteiger partial charge in [0.25, 0.3) is 26.0 Å². The Morgan fingerprint density at radius 2 is 1.21 bits per heavy atom. The number of carbonyl (C=O) groups is 5. The Balaban J connectivity index is 0.000000304. The molecular weight excluding hydrogens is 1090 g/mol. The predicted octanol–water partition coefficient (Wildman–Crippen LogP) is 3.56. The van der Waals surface area contributed by atoms with Gasteiger partial charge in [0.2, 0.25) is 47.2 Å². The molecule has 0 spiro atoms. The van der Waals surface area contributed by atoms with Crippen molar-refractivity contribution >= 4 is 90.7 Å². The number of sulfonamides is 2. The van der Waals surface area contributed by atoms with Crippen molar-refractivity contribution in [1.82, 2.24) is 44.2 Å². The van der Waals surface area contributed by atoms with Crippen molar-refractivity contribution in [2.24, 2.45) is 0 Å². The van der Waals surface area contributed by atoms with E-state index in [0.29, 0.717) is 6.07 Å². The van der Waals surface area contributed by atoms with Gasteiger partial charge < -0.3 is 44.5 Å². The van der Waals surface area contributed by atoms with Crippen LogP contribution in [0.3, 0.4) is 0 Å². The number of hydrogen-bond acceptors (Lipinski definition) is 21. The molecule has 5 aromatic rings. The number of aromatic carboxylic acids is 1. The Morgan fingerprint density at radius 3 is 1.68 bits per heavy atom. The summed E-state index contributed by atoms with van der Waals surface area (Å²) in [6.07, 6.45) is 1.19. The van der Waals surface area contributed by atoms with Crippen LogP contribution < -0.4 is 49.5 Å². The number of hydrogen-bond donors (Lipinski definition) is 7. The maximum Gasteiger partial charge on any atom is 0.388 e. The molecule has 1 aromatic carbocycles. The summed E-state index contributed by atoms with van der Waals surface area (Å²) in [5, 5.41) is 20.0. The van der Waals surface area contributed by atoms with Crippen LogP contribution in [0.25, 0.3) is 0 Å². The fourth-order valence-electron chi connectivity index (χ4n) is 4.66. The van der Waals surface area contributed by atoms with Crippen molar-refractivity contribution in [2.45, 2.75) is 23.1 Å². The molecule has 4 aromatic heterocycles. The van der Waals surface area contributed by atoms with Crippen LogP contribution in [0.2, 0.25) is 10.0 Å². The maximum atomic E-state index is 12.9. The fourth-order valence-corrected chi connectivity index (χ4v) is 7.18. The lowest BCUT2D eigenvalue weighted by molar-refractivity contribution is -0.139. The van der Waals surface area contributed by atoms with Crippen molar-refractivity contribution in [3.05, 3.63) is 81.8 Å². The minimum absolute atomic E-state index is 0.0913. The van der Waals surface area contributed by atoms with Crippen LogP contribution >= 0.6 is 23.2 Å². The zero-order valence-electron chi connectivity index (χ0n) is 36.8. The number of anilines is 3. The third-order valence-electron chi connectivity index (χ3n) is 7.54. The number of halogens is 7. The Hall–Kier alpha value is -8.44. The highest BCUT2D eigenvalue weighted by Gasteiger charge is 2.28. The third-order valence-corrected chi connectivity index (χ3v) is 10.9. The lowest BCUT2D eigenvalue weighted by Crippen LogP contribution is -2.36. The lowest BCUT2D eigenvalue weighted by Gasteiger charge is -2.14. The Kier molecular flexibility index (Phi) is 21.1. The summed E-state index contributed by atoms with van der Waals surface area (Å²) in [4.78, 5) is 79.2. The topological polar surface area (TPSA) is 395 Å². The number of alkyl halides is 4. The summed E-state index contributed by atoms with van der Waals surface area (Å²) in [7, 11) is -3.56. The number of urea groups is 2. The van der Waals surface area contributed by atoms with E-state index in [-0.39, 0.29) is 34.0 Å². The van der Waals surface area contributed by atoms with E-state index in [1.165, 1.54) is 74.5 Å². The van der Waals surface area contributed by atoms with Gasteiger partial charge in [0, 0.05) is 20.3 Å². The SMILES string of the molecule is COc1cc(OC)nc(NC(=O)NS(=O)(=O)c2ncccc2C(=O)N(C)C)n1.Nc1c(Cl)c(F)nc(OCC(=O)O)c1Cl.O=C(Nc1nc(OC(F)F)cc(OC(F)F)n1)NS(=O)(=O)c1ccccc1C(=O)O. The number of carbonyl (C=O) groups excluding carboxylic acids is 3. The number of pyridine rings is 2. The minimum Gasteiger partial charge on any atom is -0.481 e.